The fourth-order valence-electron chi connectivity index (χ4n) is 3.03. The summed E-state index contributed by atoms with van der Waals surface area (Å²) < 4.78 is 4.92. The Kier molecular flexibility index (Phi) is 6.97. The van der Waals surface area contributed by atoms with Crippen LogP contribution in [0.4, 0.5) is 17.2 Å². The normalized spacial score (nSPS) is 15.1. The third-order valence-corrected chi connectivity index (χ3v) is 5.73. The second kappa shape index (κ2) is 9.64. The van der Waals surface area contributed by atoms with Gasteiger partial charge in [-0.05, 0) is 57.4 Å². The van der Waals surface area contributed by atoms with Gasteiger partial charge in [-0.25, -0.2) is 0 Å². The number of carbonyl (C=O) groups excluding carboxylic acids is 2. The van der Waals surface area contributed by atoms with Crippen LogP contribution in [0.25, 0.3) is 0 Å². The predicted octanol–water partition coefficient (Wildman–Crippen LogP) is 3.67. The maximum Gasteiger partial charge on any atom is 0.238 e. The fraction of sp³-hybridized carbons (Fsp3) is 0.450. The molecule has 8 heteroatoms. The van der Waals surface area contributed by atoms with Crippen molar-refractivity contribution in [1.82, 2.24) is 5.16 Å². The van der Waals surface area contributed by atoms with Gasteiger partial charge in [0.1, 0.15) is 5.76 Å². The zero-order chi connectivity index (χ0) is 19.9. The Labute approximate surface area is 169 Å². The number of aryl methyl sites for hydroxylation is 1. The summed E-state index contributed by atoms with van der Waals surface area (Å²) in [6.07, 6.45) is 3.77. The van der Waals surface area contributed by atoms with Crippen LogP contribution in [0.1, 0.15) is 31.9 Å². The van der Waals surface area contributed by atoms with E-state index in [9.17, 15) is 9.59 Å². The van der Waals surface area contributed by atoms with Crippen molar-refractivity contribution < 1.29 is 14.1 Å². The molecule has 1 atom stereocenters. The van der Waals surface area contributed by atoms with Crippen LogP contribution in [0, 0.1) is 6.92 Å². The molecule has 1 aromatic heterocycles. The lowest BCUT2D eigenvalue weighted by Gasteiger charge is -2.28. The highest BCUT2D eigenvalue weighted by atomic mass is 32.2. The molecule has 1 aromatic carbocycles. The molecule has 28 heavy (non-hydrogen) atoms. The minimum absolute atomic E-state index is 0.132. The maximum atomic E-state index is 12.2. The third kappa shape index (κ3) is 5.76. The quantitative estimate of drug-likeness (QED) is 0.735. The first kappa shape index (κ1) is 20.3. The van der Waals surface area contributed by atoms with Crippen molar-refractivity contribution in [2.75, 3.05) is 34.4 Å². The van der Waals surface area contributed by atoms with E-state index in [1.807, 2.05) is 24.3 Å². The summed E-state index contributed by atoms with van der Waals surface area (Å²) in [6.45, 7) is 5.70. The van der Waals surface area contributed by atoms with Crippen molar-refractivity contribution in [2.24, 2.45) is 0 Å². The van der Waals surface area contributed by atoms with Gasteiger partial charge in [0.05, 0.1) is 11.0 Å². The van der Waals surface area contributed by atoms with E-state index < -0.39 is 0 Å². The zero-order valence-electron chi connectivity index (χ0n) is 16.2. The molecule has 0 unspecified atom stereocenters. The van der Waals surface area contributed by atoms with Gasteiger partial charge in [0.15, 0.2) is 5.82 Å². The van der Waals surface area contributed by atoms with Gasteiger partial charge in [-0.2, -0.15) is 0 Å². The van der Waals surface area contributed by atoms with E-state index in [0.717, 1.165) is 18.8 Å². The van der Waals surface area contributed by atoms with Crippen molar-refractivity contribution in [1.29, 1.82) is 0 Å². The number of aromatic nitrogens is 1. The first-order valence-electron chi connectivity index (χ1n) is 9.52. The second-order valence-electron chi connectivity index (χ2n) is 6.91. The topological polar surface area (TPSA) is 87.5 Å². The molecule has 0 saturated carbocycles. The number of thioether (sulfide) groups is 1. The van der Waals surface area contributed by atoms with Gasteiger partial charge in [-0.15, -0.1) is 11.8 Å². The average Bonchev–Trinajstić information content (AvgIpc) is 3.12. The van der Waals surface area contributed by atoms with Gasteiger partial charge in [0.2, 0.25) is 11.8 Å². The molecule has 1 aliphatic rings. The Bertz CT molecular complexity index is 800. The number of carbonyl (C=O) groups is 2. The molecule has 2 heterocycles. The Morgan fingerprint density at radius 1 is 1.18 bits per heavy atom. The van der Waals surface area contributed by atoms with E-state index in [0.29, 0.717) is 11.6 Å². The maximum absolute atomic E-state index is 12.2. The minimum atomic E-state index is -0.385. The molecule has 2 amide bonds. The molecule has 2 N–H and O–H groups in total. The SMILES string of the molecule is Cc1cc(NC(=O)[C@@H](C)SCC(=O)Nc2ccc(N3CCCCC3)cc2)no1. The summed E-state index contributed by atoms with van der Waals surface area (Å²) in [6, 6.07) is 9.59. The fourth-order valence-corrected chi connectivity index (χ4v) is 3.72. The van der Waals surface area contributed by atoms with Crippen LogP contribution in [-0.2, 0) is 9.59 Å². The van der Waals surface area contributed by atoms with Crippen molar-refractivity contribution in [3.05, 3.63) is 36.1 Å². The molecule has 150 valence electrons. The second-order valence-corrected chi connectivity index (χ2v) is 8.24. The van der Waals surface area contributed by atoms with E-state index in [1.54, 1.807) is 19.9 Å². The average molecular weight is 403 g/mol. The summed E-state index contributed by atoms with van der Waals surface area (Å²) in [5.41, 5.74) is 1.96. The summed E-state index contributed by atoms with van der Waals surface area (Å²) in [4.78, 5) is 26.7. The van der Waals surface area contributed by atoms with Crippen LogP contribution in [0.3, 0.4) is 0 Å². The minimum Gasteiger partial charge on any atom is -0.372 e. The van der Waals surface area contributed by atoms with Gasteiger partial charge >= 0.3 is 0 Å². The van der Waals surface area contributed by atoms with Crippen molar-refractivity contribution in [3.8, 4) is 0 Å². The van der Waals surface area contributed by atoms with Gasteiger partial charge in [0.25, 0.3) is 0 Å². The Morgan fingerprint density at radius 3 is 2.54 bits per heavy atom. The Hall–Kier alpha value is -2.48. The monoisotopic (exact) mass is 402 g/mol. The van der Waals surface area contributed by atoms with Crippen LogP contribution in [-0.4, -0.2) is 41.1 Å². The first-order valence-corrected chi connectivity index (χ1v) is 10.6. The number of benzene rings is 1. The number of piperidine rings is 1. The molecular weight excluding hydrogens is 376 g/mol. The van der Waals surface area contributed by atoms with Crippen LogP contribution >= 0.6 is 11.8 Å². The molecule has 0 bridgehead atoms. The van der Waals surface area contributed by atoms with Crippen LogP contribution in [0.2, 0.25) is 0 Å². The molecule has 3 rings (SSSR count). The number of nitrogens with zero attached hydrogens (tertiary/aromatic N) is 2. The van der Waals surface area contributed by atoms with E-state index in [4.69, 9.17) is 4.52 Å². The standard InChI is InChI=1S/C20H26N4O3S/c1-14-12-18(23-27-14)22-20(26)15(2)28-13-19(25)21-16-6-8-17(9-7-16)24-10-4-3-5-11-24/h6-9,12,15H,3-5,10-11,13H2,1-2H3,(H,21,25)(H,22,23,26)/t15-/m1/s1. The summed E-state index contributed by atoms with van der Waals surface area (Å²) in [5, 5.41) is 8.90. The third-order valence-electron chi connectivity index (χ3n) is 4.59. The first-order chi connectivity index (χ1) is 13.5. The van der Waals surface area contributed by atoms with E-state index in [-0.39, 0.29) is 22.8 Å². The number of nitrogens with one attached hydrogen (secondary N) is 2. The largest absolute Gasteiger partial charge is 0.372 e. The van der Waals surface area contributed by atoms with Gasteiger partial charge < -0.3 is 20.1 Å². The Balaban J connectivity index is 1.42. The molecule has 0 spiro atoms. The van der Waals surface area contributed by atoms with Gasteiger partial charge in [-0.3, -0.25) is 9.59 Å². The highest BCUT2D eigenvalue weighted by Gasteiger charge is 2.17. The number of hydrogen-bond donors (Lipinski definition) is 2. The molecule has 0 aliphatic carbocycles. The van der Waals surface area contributed by atoms with Crippen LogP contribution < -0.4 is 15.5 Å². The zero-order valence-corrected chi connectivity index (χ0v) is 17.1. The number of rotatable bonds is 7. The van der Waals surface area contributed by atoms with Crippen molar-refractivity contribution in [3.63, 3.8) is 0 Å². The highest BCUT2D eigenvalue weighted by Crippen LogP contribution is 2.22. The summed E-state index contributed by atoms with van der Waals surface area (Å²) in [5.74, 6) is 0.861. The van der Waals surface area contributed by atoms with E-state index >= 15 is 0 Å². The molecular formula is C20H26N4O3S. The molecule has 0 radical (unpaired) electrons. The Morgan fingerprint density at radius 2 is 1.89 bits per heavy atom. The number of hydrogen-bond acceptors (Lipinski definition) is 6. The molecule has 1 fully saturated rings. The van der Waals surface area contributed by atoms with E-state index in [1.165, 1.54) is 36.7 Å². The smallest absolute Gasteiger partial charge is 0.238 e. The van der Waals surface area contributed by atoms with Crippen molar-refractivity contribution >= 4 is 40.8 Å². The molecule has 7 nitrogen and oxygen atoms in total. The van der Waals surface area contributed by atoms with Crippen LogP contribution in [0.15, 0.2) is 34.9 Å². The molecule has 1 aliphatic heterocycles. The number of anilines is 3. The molecule has 2 aromatic rings. The molecule has 1 saturated heterocycles. The lowest BCUT2D eigenvalue weighted by molar-refractivity contribution is -0.115. The van der Waals surface area contributed by atoms with Gasteiger partial charge in [-0.1, -0.05) is 5.16 Å². The van der Waals surface area contributed by atoms with Crippen molar-refractivity contribution in [2.45, 2.75) is 38.4 Å². The lowest BCUT2D eigenvalue weighted by Crippen LogP contribution is -2.29. The van der Waals surface area contributed by atoms with Gasteiger partial charge in [0, 0.05) is 30.5 Å². The lowest BCUT2D eigenvalue weighted by atomic mass is 10.1. The predicted molar refractivity (Wildman–Crippen MR) is 113 cm³/mol. The summed E-state index contributed by atoms with van der Waals surface area (Å²) in [7, 11) is 0. The van der Waals surface area contributed by atoms with Crippen LogP contribution in [0.5, 0.6) is 0 Å². The number of amides is 2. The highest BCUT2D eigenvalue weighted by molar-refractivity contribution is 8.01. The van der Waals surface area contributed by atoms with E-state index in [2.05, 4.69) is 20.7 Å². The summed E-state index contributed by atoms with van der Waals surface area (Å²) >= 11 is 1.27.